The number of ether oxygens (including phenoxy) is 1. The van der Waals surface area contributed by atoms with Gasteiger partial charge in [-0.25, -0.2) is 4.79 Å². The summed E-state index contributed by atoms with van der Waals surface area (Å²) >= 11 is 0. The van der Waals surface area contributed by atoms with Gasteiger partial charge in [0.15, 0.2) is 0 Å². The molecule has 112 valence electrons. The maximum Gasteiger partial charge on any atom is 0.410 e. The van der Waals surface area contributed by atoms with Gasteiger partial charge in [0.1, 0.15) is 5.60 Å². The van der Waals surface area contributed by atoms with E-state index in [0.717, 1.165) is 51.0 Å². The summed E-state index contributed by atoms with van der Waals surface area (Å²) in [5, 5.41) is 9.45. The first-order chi connectivity index (χ1) is 8.78. The average Bonchev–Trinajstić information content (AvgIpc) is 2.29. The van der Waals surface area contributed by atoms with Gasteiger partial charge in [0, 0.05) is 13.6 Å². The van der Waals surface area contributed by atoms with Gasteiger partial charge in [-0.3, -0.25) is 0 Å². The summed E-state index contributed by atoms with van der Waals surface area (Å²) < 4.78 is 5.31. The molecule has 4 heteroatoms. The highest BCUT2D eigenvalue weighted by molar-refractivity contribution is 5.67. The lowest BCUT2D eigenvalue weighted by Crippen LogP contribution is -2.34. The molecule has 0 bridgehead atoms. The molecule has 1 saturated carbocycles. The standard InChI is InChI=1S/C15H29NO3/c1-15(2,3)19-14(18)16(4)11-5-6-12-7-9-13(17)10-8-12/h12-13,17H,5-11H2,1-4H3. The molecule has 0 spiro atoms. The Kier molecular flexibility index (Phi) is 6.11. The van der Waals surface area contributed by atoms with E-state index < -0.39 is 5.60 Å². The lowest BCUT2D eigenvalue weighted by Gasteiger charge is -2.27. The Morgan fingerprint density at radius 2 is 1.84 bits per heavy atom. The molecule has 4 nitrogen and oxygen atoms in total. The number of aliphatic hydroxyl groups is 1. The molecule has 0 aliphatic heterocycles. The zero-order chi connectivity index (χ0) is 14.5. The van der Waals surface area contributed by atoms with Crippen LogP contribution in [0.2, 0.25) is 0 Å². The van der Waals surface area contributed by atoms with Gasteiger partial charge in [-0.05, 0) is 65.2 Å². The highest BCUT2D eigenvalue weighted by Gasteiger charge is 2.21. The van der Waals surface area contributed by atoms with E-state index in [-0.39, 0.29) is 12.2 Å². The molecule has 1 N–H and O–H groups in total. The number of rotatable bonds is 4. The first kappa shape index (κ1) is 16.3. The molecule has 1 rings (SSSR count). The molecule has 0 aromatic rings. The number of carbonyl (C=O) groups is 1. The molecular formula is C15H29NO3. The average molecular weight is 271 g/mol. The second-order valence-corrected chi connectivity index (χ2v) is 6.72. The molecule has 0 unspecified atom stereocenters. The minimum Gasteiger partial charge on any atom is -0.444 e. The monoisotopic (exact) mass is 271 g/mol. The summed E-state index contributed by atoms with van der Waals surface area (Å²) in [4.78, 5) is 13.4. The van der Waals surface area contributed by atoms with Crippen LogP contribution in [0.1, 0.15) is 59.3 Å². The fourth-order valence-corrected chi connectivity index (χ4v) is 2.48. The third-order valence-corrected chi connectivity index (χ3v) is 3.63. The number of carbonyl (C=O) groups excluding carboxylic acids is 1. The van der Waals surface area contributed by atoms with E-state index in [4.69, 9.17) is 4.74 Å². The number of aliphatic hydroxyl groups excluding tert-OH is 1. The van der Waals surface area contributed by atoms with Crippen molar-refractivity contribution in [1.82, 2.24) is 4.90 Å². The predicted molar refractivity (Wildman–Crippen MR) is 76.1 cm³/mol. The third-order valence-electron chi connectivity index (χ3n) is 3.63. The van der Waals surface area contributed by atoms with Crippen molar-refractivity contribution in [1.29, 1.82) is 0 Å². The number of hydrogen-bond acceptors (Lipinski definition) is 3. The van der Waals surface area contributed by atoms with E-state index in [9.17, 15) is 9.90 Å². The molecule has 0 aromatic carbocycles. The van der Waals surface area contributed by atoms with Crippen LogP contribution in [0.3, 0.4) is 0 Å². The molecule has 19 heavy (non-hydrogen) atoms. The first-order valence-corrected chi connectivity index (χ1v) is 7.40. The van der Waals surface area contributed by atoms with Crippen LogP contribution < -0.4 is 0 Å². The van der Waals surface area contributed by atoms with Crippen LogP contribution >= 0.6 is 0 Å². The summed E-state index contributed by atoms with van der Waals surface area (Å²) in [6.07, 6.45) is 5.94. The summed E-state index contributed by atoms with van der Waals surface area (Å²) in [6, 6.07) is 0. The molecule has 1 amide bonds. The van der Waals surface area contributed by atoms with Crippen molar-refractivity contribution in [3.8, 4) is 0 Å². The topological polar surface area (TPSA) is 49.8 Å². The van der Waals surface area contributed by atoms with Crippen LogP contribution in [0.25, 0.3) is 0 Å². The molecule has 0 aromatic heterocycles. The maximum absolute atomic E-state index is 11.8. The van der Waals surface area contributed by atoms with Crippen LogP contribution in [0, 0.1) is 5.92 Å². The van der Waals surface area contributed by atoms with E-state index in [1.165, 1.54) is 0 Å². The van der Waals surface area contributed by atoms with Crippen molar-refractivity contribution < 1.29 is 14.6 Å². The number of amides is 1. The fraction of sp³-hybridized carbons (Fsp3) is 0.933. The van der Waals surface area contributed by atoms with Gasteiger partial charge in [-0.2, -0.15) is 0 Å². The summed E-state index contributed by atoms with van der Waals surface area (Å²) in [5.74, 6) is 0.718. The smallest absolute Gasteiger partial charge is 0.410 e. The van der Waals surface area contributed by atoms with Crippen molar-refractivity contribution in [2.75, 3.05) is 13.6 Å². The summed E-state index contributed by atoms with van der Waals surface area (Å²) in [5.41, 5.74) is -0.426. The predicted octanol–water partition coefficient (Wildman–Crippen LogP) is 3.18. The van der Waals surface area contributed by atoms with Gasteiger partial charge in [0.25, 0.3) is 0 Å². The van der Waals surface area contributed by atoms with Gasteiger partial charge in [0.05, 0.1) is 6.10 Å². The fourth-order valence-electron chi connectivity index (χ4n) is 2.48. The maximum atomic E-state index is 11.8. The quantitative estimate of drug-likeness (QED) is 0.854. The van der Waals surface area contributed by atoms with Gasteiger partial charge < -0.3 is 14.7 Å². The Morgan fingerprint density at radius 1 is 1.26 bits per heavy atom. The van der Waals surface area contributed by atoms with Crippen LogP contribution in [-0.2, 0) is 4.74 Å². The van der Waals surface area contributed by atoms with E-state index in [1.54, 1.807) is 11.9 Å². The van der Waals surface area contributed by atoms with Crippen LogP contribution in [0.15, 0.2) is 0 Å². The zero-order valence-corrected chi connectivity index (χ0v) is 12.8. The molecular weight excluding hydrogens is 242 g/mol. The molecule has 0 heterocycles. The van der Waals surface area contributed by atoms with Crippen molar-refractivity contribution in [2.45, 2.75) is 71.0 Å². The second kappa shape index (κ2) is 7.13. The summed E-state index contributed by atoms with van der Waals surface area (Å²) in [7, 11) is 1.79. The minimum absolute atomic E-state index is 0.0827. The first-order valence-electron chi connectivity index (χ1n) is 7.40. The lowest BCUT2D eigenvalue weighted by atomic mass is 9.84. The SMILES string of the molecule is CN(CCCC1CCC(O)CC1)C(=O)OC(C)(C)C. The van der Waals surface area contributed by atoms with Gasteiger partial charge in [-0.15, -0.1) is 0 Å². The number of hydrogen-bond donors (Lipinski definition) is 1. The lowest BCUT2D eigenvalue weighted by molar-refractivity contribution is 0.0292. The Bertz CT molecular complexity index is 278. The van der Waals surface area contributed by atoms with Gasteiger partial charge in [0.2, 0.25) is 0 Å². The zero-order valence-electron chi connectivity index (χ0n) is 12.8. The van der Waals surface area contributed by atoms with Crippen molar-refractivity contribution >= 4 is 6.09 Å². The highest BCUT2D eigenvalue weighted by Crippen LogP contribution is 2.27. The van der Waals surface area contributed by atoms with Crippen LogP contribution in [-0.4, -0.2) is 41.4 Å². The molecule has 1 aliphatic carbocycles. The normalized spacial score (nSPS) is 24.1. The Morgan fingerprint density at radius 3 is 2.37 bits per heavy atom. The van der Waals surface area contributed by atoms with Crippen molar-refractivity contribution in [3.63, 3.8) is 0 Å². The van der Waals surface area contributed by atoms with E-state index in [2.05, 4.69) is 0 Å². The van der Waals surface area contributed by atoms with Gasteiger partial charge in [-0.1, -0.05) is 0 Å². The van der Waals surface area contributed by atoms with Gasteiger partial charge >= 0.3 is 6.09 Å². The van der Waals surface area contributed by atoms with Crippen molar-refractivity contribution in [2.24, 2.45) is 5.92 Å². The highest BCUT2D eigenvalue weighted by atomic mass is 16.6. The Balaban J connectivity index is 2.16. The number of nitrogens with zero attached hydrogens (tertiary/aromatic N) is 1. The largest absolute Gasteiger partial charge is 0.444 e. The molecule has 0 atom stereocenters. The Labute approximate surface area is 117 Å². The molecule has 1 fully saturated rings. The Hall–Kier alpha value is -0.770. The second-order valence-electron chi connectivity index (χ2n) is 6.72. The van der Waals surface area contributed by atoms with E-state index >= 15 is 0 Å². The summed E-state index contributed by atoms with van der Waals surface area (Å²) in [6.45, 7) is 6.39. The minimum atomic E-state index is -0.426. The third kappa shape index (κ3) is 6.81. The van der Waals surface area contributed by atoms with Crippen LogP contribution in [0.4, 0.5) is 4.79 Å². The van der Waals surface area contributed by atoms with E-state index in [0.29, 0.717) is 0 Å². The van der Waals surface area contributed by atoms with E-state index in [1.807, 2.05) is 20.8 Å². The molecule has 0 radical (unpaired) electrons. The molecule has 0 saturated heterocycles. The van der Waals surface area contributed by atoms with Crippen molar-refractivity contribution in [3.05, 3.63) is 0 Å². The molecule has 1 aliphatic rings. The van der Waals surface area contributed by atoms with Crippen LogP contribution in [0.5, 0.6) is 0 Å².